The maximum Gasteiger partial charge on any atom is 0.277 e. The summed E-state index contributed by atoms with van der Waals surface area (Å²) in [5.74, 6) is -0.395. The lowest BCUT2D eigenvalue weighted by molar-refractivity contribution is 0.102. The van der Waals surface area contributed by atoms with Crippen molar-refractivity contribution in [2.45, 2.75) is 6.54 Å². The zero-order valence-corrected chi connectivity index (χ0v) is 10.1. The molecule has 0 aliphatic carbocycles. The van der Waals surface area contributed by atoms with Crippen LogP contribution in [0.4, 0.5) is 5.69 Å². The third kappa shape index (κ3) is 2.82. The van der Waals surface area contributed by atoms with Gasteiger partial charge in [-0.3, -0.25) is 14.5 Å². The van der Waals surface area contributed by atoms with Gasteiger partial charge in [0.15, 0.2) is 5.69 Å². The van der Waals surface area contributed by atoms with E-state index in [0.717, 1.165) is 0 Å². The van der Waals surface area contributed by atoms with Crippen LogP contribution in [0.3, 0.4) is 0 Å². The number of pyridine rings is 1. The highest BCUT2D eigenvalue weighted by Crippen LogP contribution is 2.19. The van der Waals surface area contributed by atoms with Gasteiger partial charge in [0, 0.05) is 12.7 Å². The summed E-state index contributed by atoms with van der Waals surface area (Å²) >= 11 is 5.90. The first-order chi connectivity index (χ1) is 8.70. The van der Waals surface area contributed by atoms with Crippen LogP contribution in [0.2, 0.25) is 5.02 Å². The lowest BCUT2D eigenvalue weighted by Crippen LogP contribution is -2.13. The highest BCUT2D eigenvalue weighted by Gasteiger charge is 2.12. The largest absolute Gasteiger partial charge is 0.329 e. The van der Waals surface area contributed by atoms with Crippen LogP contribution in [0.25, 0.3) is 0 Å². The predicted octanol–water partition coefficient (Wildman–Crippen LogP) is 0.537. The first-order valence-electron chi connectivity index (χ1n) is 5.22. The molecule has 2 aromatic heterocycles. The van der Waals surface area contributed by atoms with Crippen LogP contribution in [0.1, 0.15) is 10.5 Å². The molecule has 94 valence electrons. The molecule has 0 aliphatic heterocycles. The third-order valence-electron chi connectivity index (χ3n) is 2.15. The van der Waals surface area contributed by atoms with Crippen LogP contribution in [0, 0.1) is 0 Å². The lowest BCUT2D eigenvalue weighted by Gasteiger charge is -2.03. The van der Waals surface area contributed by atoms with Crippen LogP contribution >= 0.6 is 11.6 Å². The van der Waals surface area contributed by atoms with E-state index in [2.05, 4.69) is 20.6 Å². The maximum absolute atomic E-state index is 11.8. The molecule has 0 aromatic carbocycles. The molecule has 3 N–H and O–H groups in total. The summed E-state index contributed by atoms with van der Waals surface area (Å²) in [5.41, 5.74) is 6.00. The van der Waals surface area contributed by atoms with E-state index in [1.807, 2.05) is 0 Å². The number of nitrogens with two attached hydrogens (primary N) is 1. The number of hydrogen-bond acceptors (Lipinski definition) is 5. The van der Waals surface area contributed by atoms with E-state index in [9.17, 15) is 4.79 Å². The molecule has 0 aliphatic rings. The molecule has 0 atom stereocenters. The Labute approximate surface area is 108 Å². The smallest absolute Gasteiger partial charge is 0.277 e. The predicted molar refractivity (Wildman–Crippen MR) is 66.3 cm³/mol. The molecule has 0 spiro atoms. The van der Waals surface area contributed by atoms with Gasteiger partial charge in [0.2, 0.25) is 0 Å². The summed E-state index contributed by atoms with van der Waals surface area (Å²) in [6.07, 6.45) is 4.52. The third-order valence-corrected chi connectivity index (χ3v) is 2.48. The van der Waals surface area contributed by atoms with Gasteiger partial charge < -0.3 is 11.1 Å². The van der Waals surface area contributed by atoms with Crippen LogP contribution in [-0.2, 0) is 6.54 Å². The fourth-order valence-electron chi connectivity index (χ4n) is 1.30. The number of nitrogens with one attached hydrogen (secondary N) is 1. The Kier molecular flexibility index (Phi) is 3.85. The maximum atomic E-state index is 11.8. The Morgan fingerprint density at radius 3 is 3.11 bits per heavy atom. The summed E-state index contributed by atoms with van der Waals surface area (Å²) in [5, 5.41) is 10.5. The SMILES string of the molecule is NCCn1cc(C(=O)Nc2cnccc2Cl)nn1. The zero-order valence-electron chi connectivity index (χ0n) is 9.38. The Bertz CT molecular complexity index is 555. The number of hydrogen-bond donors (Lipinski definition) is 2. The van der Waals surface area contributed by atoms with Crippen molar-refractivity contribution in [2.24, 2.45) is 5.73 Å². The number of amides is 1. The molecule has 0 saturated heterocycles. The van der Waals surface area contributed by atoms with Crippen molar-refractivity contribution < 1.29 is 4.79 Å². The molecular weight excluding hydrogens is 256 g/mol. The van der Waals surface area contributed by atoms with E-state index in [0.29, 0.717) is 23.8 Å². The molecule has 8 heteroatoms. The molecule has 7 nitrogen and oxygen atoms in total. The average molecular weight is 267 g/mol. The van der Waals surface area contributed by atoms with Gasteiger partial charge in [0.25, 0.3) is 5.91 Å². The van der Waals surface area contributed by atoms with Crippen molar-refractivity contribution in [3.63, 3.8) is 0 Å². The van der Waals surface area contributed by atoms with E-state index in [1.165, 1.54) is 23.3 Å². The van der Waals surface area contributed by atoms with Gasteiger partial charge in [-0.1, -0.05) is 16.8 Å². The average Bonchev–Trinajstić information content (AvgIpc) is 2.81. The van der Waals surface area contributed by atoms with Crippen molar-refractivity contribution >= 4 is 23.2 Å². The summed E-state index contributed by atoms with van der Waals surface area (Å²) in [6, 6.07) is 1.59. The van der Waals surface area contributed by atoms with Crippen LogP contribution in [0.5, 0.6) is 0 Å². The highest BCUT2D eigenvalue weighted by atomic mass is 35.5. The topological polar surface area (TPSA) is 98.7 Å². The molecule has 2 aromatic rings. The van der Waals surface area contributed by atoms with E-state index in [1.54, 1.807) is 6.07 Å². The normalized spacial score (nSPS) is 10.3. The van der Waals surface area contributed by atoms with Gasteiger partial charge in [-0.15, -0.1) is 5.10 Å². The zero-order chi connectivity index (χ0) is 13.0. The minimum atomic E-state index is -0.395. The Balaban J connectivity index is 2.10. The number of halogens is 1. The van der Waals surface area contributed by atoms with Gasteiger partial charge in [0.1, 0.15) is 0 Å². The number of aromatic nitrogens is 4. The molecule has 1 amide bonds. The van der Waals surface area contributed by atoms with E-state index >= 15 is 0 Å². The minimum absolute atomic E-state index is 0.198. The summed E-state index contributed by atoms with van der Waals surface area (Å²) in [4.78, 5) is 15.7. The molecule has 0 bridgehead atoms. The van der Waals surface area contributed by atoms with Crippen LogP contribution < -0.4 is 11.1 Å². The Morgan fingerprint density at radius 1 is 1.56 bits per heavy atom. The summed E-state index contributed by atoms with van der Waals surface area (Å²) < 4.78 is 1.50. The van der Waals surface area contributed by atoms with E-state index in [-0.39, 0.29) is 5.69 Å². The first-order valence-corrected chi connectivity index (χ1v) is 5.59. The lowest BCUT2D eigenvalue weighted by atomic mass is 10.4. The standard InChI is InChI=1S/C10H11ClN6O/c11-7-1-3-13-5-8(7)14-10(18)9-6-17(4-2-12)16-15-9/h1,3,5-6H,2,4,12H2,(H,14,18). The molecule has 18 heavy (non-hydrogen) atoms. The summed E-state index contributed by atoms with van der Waals surface area (Å²) in [7, 11) is 0. The Morgan fingerprint density at radius 2 is 2.39 bits per heavy atom. The van der Waals surface area contributed by atoms with Crippen molar-refractivity contribution in [1.29, 1.82) is 0 Å². The van der Waals surface area contributed by atoms with E-state index in [4.69, 9.17) is 17.3 Å². The van der Waals surface area contributed by atoms with Crippen LogP contribution in [0.15, 0.2) is 24.7 Å². The Hall–Kier alpha value is -1.99. The van der Waals surface area contributed by atoms with E-state index < -0.39 is 5.91 Å². The fraction of sp³-hybridized carbons (Fsp3) is 0.200. The molecule has 2 heterocycles. The number of anilines is 1. The van der Waals surface area contributed by atoms with Gasteiger partial charge in [0.05, 0.1) is 29.6 Å². The van der Waals surface area contributed by atoms with Crippen molar-refractivity contribution in [2.75, 3.05) is 11.9 Å². The first kappa shape index (κ1) is 12.5. The molecule has 0 saturated carbocycles. The van der Waals surface area contributed by atoms with Crippen molar-refractivity contribution in [3.8, 4) is 0 Å². The van der Waals surface area contributed by atoms with Gasteiger partial charge in [-0.05, 0) is 6.07 Å². The molecule has 0 unspecified atom stereocenters. The van der Waals surface area contributed by atoms with Gasteiger partial charge in [-0.25, -0.2) is 0 Å². The van der Waals surface area contributed by atoms with Gasteiger partial charge in [-0.2, -0.15) is 0 Å². The van der Waals surface area contributed by atoms with Crippen molar-refractivity contribution in [1.82, 2.24) is 20.0 Å². The number of rotatable bonds is 4. The molecule has 2 rings (SSSR count). The summed E-state index contributed by atoms with van der Waals surface area (Å²) in [6.45, 7) is 0.937. The van der Waals surface area contributed by atoms with Crippen LogP contribution in [-0.4, -0.2) is 32.4 Å². The second-order valence-corrected chi connectivity index (χ2v) is 3.87. The van der Waals surface area contributed by atoms with Gasteiger partial charge >= 0.3 is 0 Å². The van der Waals surface area contributed by atoms with Crippen molar-refractivity contribution in [3.05, 3.63) is 35.4 Å². The number of carbonyl (C=O) groups excluding carboxylic acids is 1. The second-order valence-electron chi connectivity index (χ2n) is 3.47. The molecule has 0 fully saturated rings. The minimum Gasteiger partial charge on any atom is -0.329 e. The monoisotopic (exact) mass is 266 g/mol. The number of carbonyl (C=O) groups is 1. The highest BCUT2D eigenvalue weighted by molar-refractivity contribution is 6.33. The fourth-order valence-corrected chi connectivity index (χ4v) is 1.45. The quantitative estimate of drug-likeness (QED) is 0.841. The molecule has 0 radical (unpaired) electrons. The molecular formula is C10H11ClN6O. The number of nitrogens with zero attached hydrogens (tertiary/aromatic N) is 4. The second kappa shape index (κ2) is 5.56.